The first kappa shape index (κ1) is 14.4. The highest BCUT2D eigenvalue weighted by Crippen LogP contribution is 2.19. The summed E-state index contributed by atoms with van der Waals surface area (Å²) >= 11 is 0. The van der Waals surface area contributed by atoms with Crippen molar-refractivity contribution in [3.63, 3.8) is 0 Å². The van der Waals surface area contributed by atoms with E-state index in [1.54, 1.807) is 6.92 Å². The van der Waals surface area contributed by atoms with Crippen molar-refractivity contribution in [3.05, 3.63) is 24.0 Å². The molecule has 1 unspecified atom stereocenters. The van der Waals surface area contributed by atoms with E-state index in [9.17, 15) is 17.6 Å². The number of aliphatic carboxylic acids is 1. The zero-order chi connectivity index (χ0) is 13.9. The molecule has 4 N–H and O–H groups in total. The predicted octanol–water partition coefficient (Wildman–Crippen LogP) is 0.748. The molecule has 0 fully saturated rings. The summed E-state index contributed by atoms with van der Waals surface area (Å²) in [6.45, 7) is 1.57. The number of carbonyl (C=O) groups is 1. The number of hydrogen-bond acceptors (Lipinski definition) is 4. The SMILES string of the molecule is CC(CC(=O)O)Nc1ccc(S(N)(=O)=O)cc1F. The van der Waals surface area contributed by atoms with Gasteiger partial charge in [0.05, 0.1) is 17.0 Å². The van der Waals surface area contributed by atoms with E-state index in [1.165, 1.54) is 6.07 Å². The third kappa shape index (κ3) is 3.97. The van der Waals surface area contributed by atoms with Crippen LogP contribution in [0, 0.1) is 5.82 Å². The molecular weight excluding hydrogens is 263 g/mol. The van der Waals surface area contributed by atoms with Crippen molar-refractivity contribution in [1.29, 1.82) is 0 Å². The maximum absolute atomic E-state index is 13.5. The van der Waals surface area contributed by atoms with Gasteiger partial charge in [-0.3, -0.25) is 4.79 Å². The predicted molar refractivity (Wildman–Crippen MR) is 63.1 cm³/mol. The van der Waals surface area contributed by atoms with Gasteiger partial charge in [-0.1, -0.05) is 0 Å². The topological polar surface area (TPSA) is 109 Å². The zero-order valence-corrected chi connectivity index (χ0v) is 10.4. The van der Waals surface area contributed by atoms with Crippen molar-refractivity contribution in [2.75, 3.05) is 5.32 Å². The fraction of sp³-hybridized carbons (Fsp3) is 0.300. The molecule has 100 valence electrons. The summed E-state index contributed by atoms with van der Waals surface area (Å²) in [5.74, 6) is -1.82. The lowest BCUT2D eigenvalue weighted by molar-refractivity contribution is -0.137. The van der Waals surface area contributed by atoms with Crippen LogP contribution < -0.4 is 10.5 Å². The summed E-state index contributed by atoms with van der Waals surface area (Å²) in [6.07, 6.45) is -0.184. The molecule has 0 saturated carbocycles. The third-order valence-electron chi connectivity index (χ3n) is 2.15. The van der Waals surface area contributed by atoms with Gasteiger partial charge in [0.15, 0.2) is 0 Å². The van der Waals surface area contributed by atoms with E-state index in [0.717, 1.165) is 12.1 Å². The number of carboxylic acid groups (broad SMARTS) is 1. The summed E-state index contributed by atoms with van der Waals surface area (Å²) in [7, 11) is -3.95. The molecule has 6 nitrogen and oxygen atoms in total. The molecule has 1 atom stereocenters. The van der Waals surface area contributed by atoms with E-state index in [4.69, 9.17) is 10.2 Å². The number of sulfonamides is 1. The van der Waals surface area contributed by atoms with Gasteiger partial charge in [0.25, 0.3) is 0 Å². The fourth-order valence-electron chi connectivity index (χ4n) is 1.37. The number of carboxylic acids is 1. The van der Waals surface area contributed by atoms with E-state index >= 15 is 0 Å². The van der Waals surface area contributed by atoms with Crippen molar-refractivity contribution in [3.8, 4) is 0 Å². The van der Waals surface area contributed by atoms with Crippen LogP contribution >= 0.6 is 0 Å². The largest absolute Gasteiger partial charge is 0.481 e. The number of nitrogens with two attached hydrogens (primary N) is 1. The van der Waals surface area contributed by atoms with Crippen LogP contribution in [0.25, 0.3) is 0 Å². The highest BCUT2D eigenvalue weighted by molar-refractivity contribution is 7.89. The molecule has 8 heteroatoms. The molecule has 18 heavy (non-hydrogen) atoms. The second kappa shape index (κ2) is 5.32. The van der Waals surface area contributed by atoms with Crippen molar-refractivity contribution in [2.45, 2.75) is 24.3 Å². The van der Waals surface area contributed by atoms with E-state index in [0.29, 0.717) is 0 Å². The Morgan fingerprint density at radius 1 is 1.56 bits per heavy atom. The first-order chi connectivity index (χ1) is 8.20. The van der Waals surface area contributed by atoms with E-state index in [-0.39, 0.29) is 17.0 Å². The molecule has 0 spiro atoms. The molecule has 1 aromatic rings. The normalized spacial score (nSPS) is 13.1. The smallest absolute Gasteiger partial charge is 0.305 e. The van der Waals surface area contributed by atoms with E-state index in [2.05, 4.69) is 5.32 Å². The van der Waals surface area contributed by atoms with Gasteiger partial charge in [-0.25, -0.2) is 17.9 Å². The maximum atomic E-state index is 13.5. The molecule has 1 rings (SSSR count). The van der Waals surface area contributed by atoms with Crippen molar-refractivity contribution >= 4 is 21.7 Å². The summed E-state index contributed by atoms with van der Waals surface area (Å²) in [6, 6.07) is 2.64. The lowest BCUT2D eigenvalue weighted by Crippen LogP contribution is -2.20. The quantitative estimate of drug-likeness (QED) is 0.735. The number of rotatable bonds is 5. The Bertz CT molecular complexity index is 559. The molecule has 0 amide bonds. The van der Waals surface area contributed by atoms with Crippen LogP contribution in [0.5, 0.6) is 0 Å². The first-order valence-electron chi connectivity index (χ1n) is 5.01. The van der Waals surface area contributed by atoms with Crippen molar-refractivity contribution in [1.82, 2.24) is 0 Å². The molecule has 0 radical (unpaired) electrons. The van der Waals surface area contributed by atoms with Gasteiger partial charge in [0.2, 0.25) is 10.0 Å². The maximum Gasteiger partial charge on any atom is 0.305 e. The van der Waals surface area contributed by atoms with Gasteiger partial charge in [0, 0.05) is 6.04 Å². The average molecular weight is 276 g/mol. The summed E-state index contributed by atoms with van der Waals surface area (Å²) in [5, 5.41) is 16.0. The molecule has 0 heterocycles. The molecule has 0 bridgehead atoms. The zero-order valence-electron chi connectivity index (χ0n) is 9.55. The monoisotopic (exact) mass is 276 g/mol. The van der Waals surface area contributed by atoms with Crippen molar-refractivity contribution in [2.24, 2.45) is 5.14 Å². The summed E-state index contributed by atoms with van der Waals surface area (Å²) in [4.78, 5) is 10.1. The Balaban J connectivity index is 2.90. The van der Waals surface area contributed by atoms with Gasteiger partial charge in [-0.05, 0) is 25.1 Å². The Labute approximate surface area is 104 Å². The van der Waals surface area contributed by atoms with Crippen LogP contribution in [0.15, 0.2) is 23.1 Å². The van der Waals surface area contributed by atoms with Crippen molar-refractivity contribution < 1.29 is 22.7 Å². The lowest BCUT2D eigenvalue weighted by Gasteiger charge is -2.14. The minimum Gasteiger partial charge on any atom is -0.481 e. The van der Waals surface area contributed by atoms with E-state index < -0.39 is 27.9 Å². The highest BCUT2D eigenvalue weighted by Gasteiger charge is 2.14. The minimum atomic E-state index is -3.95. The summed E-state index contributed by atoms with van der Waals surface area (Å²) in [5.41, 5.74) is 0.0242. The molecular formula is C10H13FN2O4S. The van der Waals surface area contributed by atoms with Crippen LogP contribution in [0.1, 0.15) is 13.3 Å². The number of benzene rings is 1. The van der Waals surface area contributed by atoms with Crippen LogP contribution in [0.2, 0.25) is 0 Å². The third-order valence-corrected chi connectivity index (χ3v) is 3.06. The fourth-order valence-corrected chi connectivity index (χ4v) is 1.89. The Kier molecular flexibility index (Phi) is 4.25. The molecule has 0 saturated heterocycles. The van der Waals surface area contributed by atoms with Crippen LogP contribution in [-0.2, 0) is 14.8 Å². The van der Waals surface area contributed by atoms with Gasteiger partial charge >= 0.3 is 5.97 Å². The number of halogens is 1. The highest BCUT2D eigenvalue weighted by atomic mass is 32.2. The first-order valence-corrected chi connectivity index (χ1v) is 6.55. The van der Waals surface area contributed by atoms with Gasteiger partial charge in [-0.15, -0.1) is 0 Å². The van der Waals surface area contributed by atoms with Crippen LogP contribution in [0.3, 0.4) is 0 Å². The standard InChI is InChI=1S/C10H13FN2O4S/c1-6(4-10(14)15)13-9-3-2-7(5-8(9)11)18(12,16)17/h2-3,5-6,13H,4H2,1H3,(H,14,15)(H2,12,16,17). The van der Waals surface area contributed by atoms with Crippen LogP contribution in [0.4, 0.5) is 10.1 Å². The molecule has 0 aliphatic carbocycles. The number of anilines is 1. The number of nitrogens with one attached hydrogen (secondary N) is 1. The molecule has 0 aliphatic rings. The number of primary sulfonamides is 1. The Hall–Kier alpha value is -1.67. The molecule has 0 aromatic heterocycles. The van der Waals surface area contributed by atoms with E-state index in [1.807, 2.05) is 0 Å². The van der Waals surface area contributed by atoms with Crippen LogP contribution in [-0.4, -0.2) is 25.5 Å². The molecule has 1 aromatic carbocycles. The number of hydrogen-bond donors (Lipinski definition) is 3. The van der Waals surface area contributed by atoms with Gasteiger partial charge in [-0.2, -0.15) is 0 Å². The average Bonchev–Trinajstić information content (AvgIpc) is 2.18. The van der Waals surface area contributed by atoms with Gasteiger partial charge in [0.1, 0.15) is 5.82 Å². The Morgan fingerprint density at radius 2 is 2.17 bits per heavy atom. The Morgan fingerprint density at radius 3 is 2.61 bits per heavy atom. The minimum absolute atomic E-state index is 0.0242. The summed E-state index contributed by atoms with van der Waals surface area (Å²) < 4.78 is 35.5. The second-order valence-corrected chi connectivity index (χ2v) is 5.39. The second-order valence-electron chi connectivity index (χ2n) is 3.83. The lowest BCUT2D eigenvalue weighted by atomic mass is 10.2. The van der Waals surface area contributed by atoms with Gasteiger partial charge < -0.3 is 10.4 Å². The molecule has 0 aliphatic heterocycles.